The number of carbonyl (C=O) groups is 1. The minimum Gasteiger partial charge on any atom is -0.494 e. The first kappa shape index (κ1) is 15.6. The third-order valence-electron chi connectivity index (χ3n) is 3.86. The fourth-order valence-electron chi connectivity index (χ4n) is 2.67. The number of benzene rings is 1. The zero-order valence-corrected chi connectivity index (χ0v) is 12.5. The van der Waals surface area contributed by atoms with E-state index in [0.29, 0.717) is 19.0 Å². The average Bonchev–Trinajstić information content (AvgIpc) is 2.48. The van der Waals surface area contributed by atoms with E-state index in [1.54, 1.807) is 6.07 Å². The van der Waals surface area contributed by atoms with Crippen molar-refractivity contribution in [2.75, 3.05) is 13.7 Å². The number of halogens is 1. The van der Waals surface area contributed by atoms with Crippen molar-refractivity contribution in [2.24, 2.45) is 0 Å². The molecule has 0 unspecified atom stereocenters. The van der Waals surface area contributed by atoms with E-state index in [1.165, 1.54) is 32.4 Å². The third-order valence-corrected chi connectivity index (χ3v) is 3.86. The molecule has 1 aliphatic carbocycles. The summed E-state index contributed by atoms with van der Waals surface area (Å²) in [6.07, 6.45) is 6.38. The lowest BCUT2D eigenvalue weighted by Crippen LogP contribution is -2.43. The fourth-order valence-corrected chi connectivity index (χ4v) is 2.67. The van der Waals surface area contributed by atoms with Crippen LogP contribution in [0, 0.1) is 5.82 Å². The number of nitrogens with one attached hydrogen (secondary N) is 2. The molecule has 0 spiro atoms. The summed E-state index contributed by atoms with van der Waals surface area (Å²) in [5, 5.41) is 5.81. The van der Waals surface area contributed by atoms with Gasteiger partial charge in [0.2, 0.25) is 0 Å². The Morgan fingerprint density at radius 2 is 2.10 bits per heavy atom. The highest BCUT2D eigenvalue weighted by atomic mass is 19.1. The molecule has 0 saturated heterocycles. The third kappa shape index (κ3) is 4.92. The van der Waals surface area contributed by atoms with E-state index >= 15 is 0 Å². The van der Waals surface area contributed by atoms with Crippen LogP contribution in [0.2, 0.25) is 0 Å². The smallest absolute Gasteiger partial charge is 0.315 e. The summed E-state index contributed by atoms with van der Waals surface area (Å²) in [6.45, 7) is 0.490. The molecule has 0 radical (unpaired) electrons. The van der Waals surface area contributed by atoms with Crippen LogP contribution in [0.15, 0.2) is 18.2 Å². The van der Waals surface area contributed by atoms with Crippen LogP contribution in [0.4, 0.5) is 9.18 Å². The Labute approximate surface area is 125 Å². The normalized spacial score (nSPS) is 15.5. The van der Waals surface area contributed by atoms with Crippen molar-refractivity contribution in [1.29, 1.82) is 0 Å². The van der Waals surface area contributed by atoms with Crippen LogP contribution in [-0.2, 0) is 6.42 Å². The van der Waals surface area contributed by atoms with E-state index in [0.717, 1.165) is 18.4 Å². The monoisotopic (exact) mass is 294 g/mol. The second kappa shape index (κ2) is 7.86. The molecule has 2 rings (SSSR count). The van der Waals surface area contributed by atoms with Crippen LogP contribution >= 0.6 is 0 Å². The first-order chi connectivity index (χ1) is 10.2. The van der Waals surface area contributed by atoms with E-state index in [9.17, 15) is 9.18 Å². The molecule has 1 saturated carbocycles. The summed E-state index contributed by atoms with van der Waals surface area (Å²) >= 11 is 0. The topological polar surface area (TPSA) is 50.4 Å². The molecule has 0 heterocycles. The van der Waals surface area contributed by atoms with Crippen LogP contribution in [0.5, 0.6) is 5.75 Å². The molecule has 0 atom stereocenters. The predicted octanol–water partition coefficient (Wildman–Crippen LogP) is 3.01. The highest BCUT2D eigenvalue weighted by molar-refractivity contribution is 5.74. The van der Waals surface area contributed by atoms with Crippen molar-refractivity contribution in [3.05, 3.63) is 29.6 Å². The molecule has 116 valence electrons. The SMILES string of the molecule is COc1ccc(CCNC(=O)NC2CCCCC2)cc1F. The number of carbonyl (C=O) groups excluding carboxylic acids is 1. The largest absolute Gasteiger partial charge is 0.494 e. The molecular weight excluding hydrogens is 271 g/mol. The Morgan fingerprint density at radius 3 is 2.76 bits per heavy atom. The van der Waals surface area contributed by atoms with Gasteiger partial charge >= 0.3 is 6.03 Å². The van der Waals surface area contributed by atoms with E-state index in [1.807, 2.05) is 6.07 Å². The standard InChI is InChI=1S/C16H23FN2O2/c1-21-15-8-7-12(11-14(15)17)9-10-18-16(20)19-13-5-3-2-4-6-13/h7-8,11,13H,2-6,9-10H2,1H3,(H2,18,19,20). The van der Waals surface area contributed by atoms with Gasteiger partial charge in [-0.1, -0.05) is 25.3 Å². The van der Waals surface area contributed by atoms with Crippen molar-refractivity contribution in [2.45, 2.75) is 44.6 Å². The Hall–Kier alpha value is -1.78. The maximum absolute atomic E-state index is 13.5. The number of ether oxygens (including phenoxy) is 1. The fraction of sp³-hybridized carbons (Fsp3) is 0.562. The quantitative estimate of drug-likeness (QED) is 0.877. The molecule has 21 heavy (non-hydrogen) atoms. The van der Waals surface area contributed by atoms with Gasteiger partial charge in [-0.15, -0.1) is 0 Å². The van der Waals surface area contributed by atoms with Gasteiger partial charge in [0.1, 0.15) is 0 Å². The highest BCUT2D eigenvalue weighted by Crippen LogP contribution is 2.18. The number of methoxy groups -OCH3 is 1. The summed E-state index contributed by atoms with van der Waals surface area (Å²) in [5.74, 6) is -0.136. The van der Waals surface area contributed by atoms with Gasteiger partial charge in [-0.3, -0.25) is 0 Å². The van der Waals surface area contributed by atoms with E-state index in [4.69, 9.17) is 4.74 Å². The van der Waals surface area contributed by atoms with Crippen LogP contribution in [-0.4, -0.2) is 25.7 Å². The van der Waals surface area contributed by atoms with Gasteiger partial charge in [-0.2, -0.15) is 0 Å². The number of urea groups is 1. The van der Waals surface area contributed by atoms with Crippen molar-refractivity contribution in [3.63, 3.8) is 0 Å². The number of rotatable bonds is 5. The second-order valence-corrected chi connectivity index (χ2v) is 5.45. The highest BCUT2D eigenvalue weighted by Gasteiger charge is 2.15. The minimum atomic E-state index is -0.373. The lowest BCUT2D eigenvalue weighted by molar-refractivity contribution is 0.233. The van der Waals surface area contributed by atoms with Crippen molar-refractivity contribution < 1.29 is 13.9 Å². The van der Waals surface area contributed by atoms with Gasteiger partial charge in [0.25, 0.3) is 0 Å². The maximum atomic E-state index is 13.5. The first-order valence-electron chi connectivity index (χ1n) is 7.56. The molecule has 5 heteroatoms. The van der Waals surface area contributed by atoms with Crippen molar-refractivity contribution in [3.8, 4) is 5.75 Å². The summed E-state index contributed by atoms with van der Waals surface area (Å²) < 4.78 is 18.4. The van der Waals surface area contributed by atoms with Crippen molar-refractivity contribution in [1.82, 2.24) is 10.6 Å². The molecule has 2 amide bonds. The van der Waals surface area contributed by atoms with Gasteiger partial charge in [-0.05, 0) is 37.0 Å². The predicted molar refractivity (Wildman–Crippen MR) is 80.1 cm³/mol. The molecule has 1 aromatic carbocycles. The van der Waals surface area contributed by atoms with Crippen LogP contribution in [0.1, 0.15) is 37.7 Å². The minimum absolute atomic E-state index is 0.129. The molecule has 0 aliphatic heterocycles. The number of amides is 2. The molecular formula is C16H23FN2O2. The van der Waals surface area contributed by atoms with Gasteiger partial charge < -0.3 is 15.4 Å². The average molecular weight is 294 g/mol. The zero-order chi connectivity index (χ0) is 15.1. The molecule has 4 nitrogen and oxygen atoms in total. The van der Waals surface area contributed by atoms with Gasteiger partial charge in [0.15, 0.2) is 11.6 Å². The molecule has 2 N–H and O–H groups in total. The Morgan fingerprint density at radius 1 is 1.33 bits per heavy atom. The van der Waals surface area contributed by atoms with Crippen LogP contribution in [0.25, 0.3) is 0 Å². The Kier molecular flexibility index (Phi) is 5.84. The first-order valence-corrected chi connectivity index (χ1v) is 7.56. The van der Waals surface area contributed by atoms with Crippen LogP contribution in [0.3, 0.4) is 0 Å². The van der Waals surface area contributed by atoms with E-state index < -0.39 is 0 Å². The second-order valence-electron chi connectivity index (χ2n) is 5.45. The summed E-state index contributed by atoms with van der Waals surface area (Å²) in [6, 6.07) is 5.03. The zero-order valence-electron chi connectivity index (χ0n) is 12.5. The lowest BCUT2D eigenvalue weighted by atomic mass is 9.96. The summed E-state index contributed by atoms with van der Waals surface area (Å²) in [5.41, 5.74) is 0.839. The van der Waals surface area contributed by atoms with Gasteiger partial charge in [0, 0.05) is 12.6 Å². The Bertz CT molecular complexity index is 473. The molecule has 1 aliphatic rings. The molecule has 0 bridgehead atoms. The van der Waals surface area contributed by atoms with Gasteiger partial charge in [-0.25, -0.2) is 9.18 Å². The lowest BCUT2D eigenvalue weighted by Gasteiger charge is -2.22. The van der Waals surface area contributed by atoms with Crippen LogP contribution < -0.4 is 15.4 Å². The summed E-state index contributed by atoms with van der Waals surface area (Å²) in [7, 11) is 1.44. The molecule has 0 aromatic heterocycles. The van der Waals surface area contributed by atoms with E-state index in [-0.39, 0.29) is 17.6 Å². The molecule has 1 aromatic rings. The number of hydrogen-bond donors (Lipinski definition) is 2. The Balaban J connectivity index is 1.70. The van der Waals surface area contributed by atoms with Gasteiger partial charge in [0.05, 0.1) is 7.11 Å². The van der Waals surface area contributed by atoms with Crippen molar-refractivity contribution >= 4 is 6.03 Å². The number of hydrogen-bond acceptors (Lipinski definition) is 2. The van der Waals surface area contributed by atoms with E-state index in [2.05, 4.69) is 10.6 Å². The maximum Gasteiger partial charge on any atom is 0.315 e. The molecule has 1 fully saturated rings. The summed E-state index contributed by atoms with van der Waals surface area (Å²) in [4.78, 5) is 11.8.